The van der Waals surface area contributed by atoms with Gasteiger partial charge < -0.3 is 19.5 Å². The standard InChI is InChI=1S/C15H21BO5/c1-14(2,3)21-13(17)15(4)8-9-20-12-10(15)6-5-7-11(12)16(18)19/h5-7,18-19H,8-9H2,1-4H3. The minimum atomic E-state index is -1.64. The molecule has 0 spiro atoms. The first kappa shape index (κ1) is 15.9. The van der Waals surface area contributed by atoms with Crippen molar-refractivity contribution in [2.75, 3.05) is 6.61 Å². The highest BCUT2D eigenvalue weighted by Crippen LogP contribution is 2.39. The molecule has 1 aliphatic rings. The molecule has 0 saturated carbocycles. The quantitative estimate of drug-likeness (QED) is 0.621. The zero-order valence-electron chi connectivity index (χ0n) is 12.8. The third-order valence-electron chi connectivity index (χ3n) is 3.62. The van der Waals surface area contributed by atoms with Crippen molar-refractivity contribution in [2.45, 2.75) is 45.1 Å². The maximum Gasteiger partial charge on any atom is 0.492 e. The number of fused-ring (bicyclic) bond motifs is 1. The third kappa shape index (κ3) is 3.06. The first-order valence-corrected chi connectivity index (χ1v) is 7.01. The number of hydrogen-bond acceptors (Lipinski definition) is 5. The molecule has 2 N–H and O–H groups in total. The minimum Gasteiger partial charge on any atom is -0.494 e. The van der Waals surface area contributed by atoms with Crippen LogP contribution in [-0.2, 0) is 14.9 Å². The third-order valence-corrected chi connectivity index (χ3v) is 3.62. The molecule has 0 saturated heterocycles. The lowest BCUT2D eigenvalue weighted by Crippen LogP contribution is -2.44. The van der Waals surface area contributed by atoms with Gasteiger partial charge in [0.15, 0.2) is 0 Å². The van der Waals surface area contributed by atoms with Gasteiger partial charge in [0.2, 0.25) is 0 Å². The number of benzene rings is 1. The smallest absolute Gasteiger partial charge is 0.492 e. The Labute approximate surface area is 125 Å². The monoisotopic (exact) mass is 292 g/mol. The molecule has 1 aromatic rings. The highest BCUT2D eigenvalue weighted by atomic mass is 16.6. The van der Waals surface area contributed by atoms with E-state index in [0.29, 0.717) is 24.3 Å². The summed E-state index contributed by atoms with van der Waals surface area (Å²) >= 11 is 0. The van der Waals surface area contributed by atoms with Crippen molar-refractivity contribution in [2.24, 2.45) is 0 Å². The van der Waals surface area contributed by atoms with E-state index in [1.165, 1.54) is 0 Å². The molecular weight excluding hydrogens is 271 g/mol. The second-order valence-corrected chi connectivity index (χ2v) is 6.53. The molecule has 1 heterocycles. The van der Waals surface area contributed by atoms with Crippen molar-refractivity contribution < 1.29 is 24.3 Å². The Morgan fingerprint density at radius 1 is 1.38 bits per heavy atom. The fourth-order valence-corrected chi connectivity index (χ4v) is 2.45. The lowest BCUT2D eigenvalue weighted by atomic mass is 9.71. The second-order valence-electron chi connectivity index (χ2n) is 6.53. The molecule has 0 aromatic heterocycles. The largest absolute Gasteiger partial charge is 0.494 e. The van der Waals surface area contributed by atoms with Crippen molar-refractivity contribution in [3.63, 3.8) is 0 Å². The van der Waals surface area contributed by atoms with Crippen molar-refractivity contribution in [1.29, 1.82) is 0 Å². The van der Waals surface area contributed by atoms with Gasteiger partial charge in [0.1, 0.15) is 11.4 Å². The van der Waals surface area contributed by atoms with Crippen LogP contribution < -0.4 is 10.2 Å². The van der Waals surface area contributed by atoms with Gasteiger partial charge in [-0.3, -0.25) is 4.79 Å². The zero-order chi connectivity index (χ0) is 15.8. The van der Waals surface area contributed by atoms with E-state index in [1.807, 2.05) is 20.8 Å². The molecular formula is C15H21BO5. The van der Waals surface area contributed by atoms with E-state index in [9.17, 15) is 14.8 Å². The van der Waals surface area contributed by atoms with E-state index in [1.54, 1.807) is 25.1 Å². The second kappa shape index (κ2) is 5.35. The predicted octanol–water partition coefficient (Wildman–Crippen LogP) is 0.748. The normalized spacial score (nSPS) is 21.2. The van der Waals surface area contributed by atoms with Gasteiger partial charge in [-0.15, -0.1) is 0 Å². The fraction of sp³-hybridized carbons (Fsp3) is 0.533. The number of para-hydroxylation sites is 1. The van der Waals surface area contributed by atoms with E-state index in [0.717, 1.165) is 0 Å². The van der Waals surface area contributed by atoms with Crippen molar-refractivity contribution >= 4 is 18.6 Å². The molecule has 21 heavy (non-hydrogen) atoms. The van der Waals surface area contributed by atoms with Crippen LogP contribution in [-0.4, -0.2) is 35.3 Å². The summed E-state index contributed by atoms with van der Waals surface area (Å²) in [7, 11) is -1.64. The van der Waals surface area contributed by atoms with Crippen molar-refractivity contribution in [1.82, 2.24) is 0 Å². The molecule has 6 heteroatoms. The summed E-state index contributed by atoms with van der Waals surface area (Å²) in [6, 6.07) is 5.03. The number of esters is 1. The summed E-state index contributed by atoms with van der Waals surface area (Å²) in [6.45, 7) is 7.59. The molecule has 2 rings (SSSR count). The van der Waals surface area contributed by atoms with Gasteiger partial charge in [0.05, 0.1) is 12.0 Å². The van der Waals surface area contributed by atoms with Crippen LogP contribution in [0.3, 0.4) is 0 Å². The van der Waals surface area contributed by atoms with Crippen LogP contribution in [0.15, 0.2) is 18.2 Å². The van der Waals surface area contributed by atoms with Gasteiger partial charge in [0.25, 0.3) is 0 Å². The Morgan fingerprint density at radius 2 is 2.05 bits per heavy atom. The average molecular weight is 292 g/mol. The molecule has 1 atom stereocenters. The maximum absolute atomic E-state index is 12.6. The molecule has 0 radical (unpaired) electrons. The molecule has 0 aliphatic carbocycles. The van der Waals surface area contributed by atoms with Gasteiger partial charge >= 0.3 is 13.1 Å². The molecule has 5 nitrogen and oxygen atoms in total. The summed E-state index contributed by atoms with van der Waals surface area (Å²) in [5.74, 6) is 0.0382. The van der Waals surface area contributed by atoms with E-state index in [4.69, 9.17) is 9.47 Å². The van der Waals surface area contributed by atoms with Crippen molar-refractivity contribution in [3.05, 3.63) is 23.8 Å². The van der Waals surface area contributed by atoms with Crippen molar-refractivity contribution in [3.8, 4) is 5.75 Å². The van der Waals surface area contributed by atoms with Gasteiger partial charge in [-0.2, -0.15) is 0 Å². The lowest BCUT2D eigenvalue weighted by molar-refractivity contribution is -0.162. The molecule has 1 unspecified atom stereocenters. The van der Waals surface area contributed by atoms with E-state index >= 15 is 0 Å². The first-order valence-electron chi connectivity index (χ1n) is 7.01. The zero-order valence-corrected chi connectivity index (χ0v) is 12.8. The minimum absolute atomic E-state index is 0.266. The number of carbonyl (C=O) groups excluding carboxylic acids is 1. The summed E-state index contributed by atoms with van der Waals surface area (Å²) in [4.78, 5) is 12.6. The SMILES string of the molecule is CC(C)(C)OC(=O)C1(C)CCOc2c(B(O)O)cccc21. The average Bonchev–Trinajstić information content (AvgIpc) is 2.36. The Bertz CT molecular complexity index is 549. The predicted molar refractivity (Wildman–Crippen MR) is 79.6 cm³/mol. The van der Waals surface area contributed by atoms with Crippen LogP contribution in [0.25, 0.3) is 0 Å². The first-order chi connectivity index (χ1) is 9.65. The van der Waals surface area contributed by atoms with Crippen LogP contribution in [0, 0.1) is 0 Å². The number of carbonyl (C=O) groups is 1. The van der Waals surface area contributed by atoms with Crippen LogP contribution >= 0.6 is 0 Å². The van der Waals surface area contributed by atoms with Gasteiger partial charge in [0, 0.05) is 17.4 Å². The Kier molecular flexibility index (Phi) is 4.04. The summed E-state index contributed by atoms with van der Waals surface area (Å²) in [5, 5.41) is 18.9. The lowest BCUT2D eigenvalue weighted by Gasteiger charge is -2.36. The molecule has 0 bridgehead atoms. The van der Waals surface area contributed by atoms with Crippen LogP contribution in [0.5, 0.6) is 5.75 Å². The number of rotatable bonds is 2. The molecule has 1 aliphatic heterocycles. The Hall–Kier alpha value is -1.53. The van der Waals surface area contributed by atoms with E-state index in [2.05, 4.69) is 0 Å². The number of hydrogen-bond donors (Lipinski definition) is 2. The Balaban J connectivity index is 2.46. The summed E-state index contributed by atoms with van der Waals surface area (Å²) in [5.41, 5.74) is -0.533. The Morgan fingerprint density at radius 3 is 2.62 bits per heavy atom. The molecule has 114 valence electrons. The molecule has 1 aromatic carbocycles. The highest BCUT2D eigenvalue weighted by Gasteiger charge is 2.44. The van der Waals surface area contributed by atoms with E-state index in [-0.39, 0.29) is 11.4 Å². The number of ether oxygens (including phenoxy) is 2. The highest BCUT2D eigenvalue weighted by molar-refractivity contribution is 6.59. The summed E-state index contributed by atoms with van der Waals surface area (Å²) < 4.78 is 11.1. The fourth-order valence-electron chi connectivity index (χ4n) is 2.45. The maximum atomic E-state index is 12.6. The summed E-state index contributed by atoms with van der Waals surface area (Å²) in [6.07, 6.45) is 0.486. The van der Waals surface area contributed by atoms with E-state index < -0.39 is 18.1 Å². The van der Waals surface area contributed by atoms with Gasteiger partial charge in [-0.1, -0.05) is 18.2 Å². The van der Waals surface area contributed by atoms with Crippen LogP contribution in [0.2, 0.25) is 0 Å². The van der Waals surface area contributed by atoms with Gasteiger partial charge in [-0.05, 0) is 27.7 Å². The molecule has 0 amide bonds. The van der Waals surface area contributed by atoms with Crippen LogP contribution in [0.4, 0.5) is 0 Å². The van der Waals surface area contributed by atoms with Crippen LogP contribution in [0.1, 0.15) is 39.7 Å². The topological polar surface area (TPSA) is 76.0 Å². The molecule has 0 fully saturated rings. The van der Waals surface area contributed by atoms with Gasteiger partial charge in [-0.25, -0.2) is 0 Å².